The summed E-state index contributed by atoms with van der Waals surface area (Å²) in [6.07, 6.45) is 0. The van der Waals surface area contributed by atoms with Gasteiger partial charge >= 0.3 is 0 Å². The van der Waals surface area contributed by atoms with Crippen LogP contribution in [0, 0.1) is 0 Å². The Balaban J connectivity index is 2.63. The van der Waals surface area contributed by atoms with Gasteiger partial charge in [-0.15, -0.1) is 0 Å². The predicted molar refractivity (Wildman–Crippen MR) is 114 cm³/mol. The van der Waals surface area contributed by atoms with Gasteiger partial charge in [0.05, 0.1) is 10.0 Å². The molecule has 1 unspecified atom stereocenters. The van der Waals surface area contributed by atoms with Crippen LogP contribution in [0.3, 0.4) is 0 Å². The Kier molecular flexibility index (Phi) is 5.98. The zero-order valence-electron chi connectivity index (χ0n) is 14.3. The van der Waals surface area contributed by atoms with Gasteiger partial charge in [-0.3, -0.25) is 4.55 Å². The lowest BCUT2D eigenvalue weighted by Crippen LogP contribution is -2.38. The van der Waals surface area contributed by atoms with Gasteiger partial charge in [-0.25, -0.2) is 0 Å². The summed E-state index contributed by atoms with van der Waals surface area (Å²) in [7, 11) is -5.10. The molecule has 3 aromatic rings. The number of rotatable bonds is 4. The quantitative estimate of drug-likeness (QED) is 0.311. The van der Waals surface area contributed by atoms with E-state index in [0.29, 0.717) is 0 Å². The Morgan fingerprint density at radius 2 is 1.41 bits per heavy atom. The average Bonchev–Trinajstić information content (AvgIpc) is 2.62. The molecular weight excluding hydrogens is 482 g/mol. The molecule has 0 spiro atoms. The zero-order chi connectivity index (χ0) is 21.6. The average molecular weight is 494 g/mol. The number of phenolic OH excluding ortho intramolecular Hbond substituents is 2. The third kappa shape index (κ3) is 3.65. The minimum atomic E-state index is -5.10. The number of hydrogen-bond donors (Lipinski definition) is 3. The van der Waals surface area contributed by atoms with E-state index < -0.39 is 20.6 Å². The number of benzene rings is 3. The minimum absolute atomic E-state index is 0.00718. The van der Waals surface area contributed by atoms with Gasteiger partial charge in [0.25, 0.3) is 10.1 Å². The van der Waals surface area contributed by atoms with E-state index in [1.165, 1.54) is 30.3 Å². The van der Waals surface area contributed by atoms with Crippen molar-refractivity contribution in [1.29, 1.82) is 0 Å². The van der Waals surface area contributed by atoms with Crippen LogP contribution in [0.5, 0.6) is 11.5 Å². The summed E-state index contributed by atoms with van der Waals surface area (Å²) >= 11 is 24.4. The van der Waals surface area contributed by atoms with Crippen LogP contribution in [0.15, 0.2) is 54.6 Å². The number of hydrogen-bond acceptors (Lipinski definition) is 4. The van der Waals surface area contributed by atoms with Crippen molar-refractivity contribution >= 4 is 56.5 Å². The summed E-state index contributed by atoms with van der Waals surface area (Å²) in [6.45, 7) is 0. The zero-order valence-corrected chi connectivity index (χ0v) is 18.1. The molecule has 0 saturated heterocycles. The van der Waals surface area contributed by atoms with Crippen LogP contribution in [0.25, 0.3) is 0 Å². The molecule has 0 radical (unpaired) electrons. The second kappa shape index (κ2) is 7.87. The highest BCUT2D eigenvalue weighted by Crippen LogP contribution is 2.51. The largest absolute Gasteiger partial charge is 0.506 e. The number of halogens is 4. The molecule has 0 bridgehead atoms. The minimum Gasteiger partial charge on any atom is -0.506 e. The molecule has 5 nitrogen and oxygen atoms in total. The summed E-state index contributed by atoms with van der Waals surface area (Å²) in [4.78, 5) is 0. The second-order valence-corrected chi connectivity index (χ2v) is 9.31. The molecule has 0 aliphatic heterocycles. The van der Waals surface area contributed by atoms with Gasteiger partial charge in [-0.1, -0.05) is 70.7 Å². The van der Waals surface area contributed by atoms with Crippen molar-refractivity contribution in [2.45, 2.75) is 4.75 Å². The van der Waals surface area contributed by atoms with Crippen molar-refractivity contribution in [3.8, 4) is 11.5 Å². The maximum Gasteiger partial charge on any atom is 0.283 e. The van der Waals surface area contributed by atoms with Gasteiger partial charge in [-0.05, 0) is 35.9 Å². The normalized spacial score (nSPS) is 13.8. The van der Waals surface area contributed by atoms with Crippen molar-refractivity contribution < 1.29 is 23.2 Å². The van der Waals surface area contributed by atoms with Gasteiger partial charge in [0.1, 0.15) is 11.5 Å². The Hall–Kier alpha value is -1.67. The molecule has 0 aromatic heterocycles. The standard InChI is InChI=1S/C19H12Cl4O5S/c20-11-8-13(18(25)16(23)9-11)19(29(26,27)28,12-3-1-2-4-14(12)21)10-5-6-17(24)15(22)7-10/h1-9,24-25H,(H,26,27,28). The van der Waals surface area contributed by atoms with E-state index in [-0.39, 0.29) is 42.5 Å². The Bertz CT molecular complexity index is 1210. The van der Waals surface area contributed by atoms with E-state index >= 15 is 0 Å². The molecule has 0 amide bonds. The summed E-state index contributed by atoms with van der Waals surface area (Å²) in [6, 6.07) is 11.7. The molecule has 1 atom stereocenters. The van der Waals surface area contributed by atoms with Crippen LogP contribution in [-0.4, -0.2) is 23.2 Å². The second-order valence-electron chi connectivity index (χ2n) is 6.09. The lowest BCUT2D eigenvalue weighted by molar-refractivity contribution is 0.440. The Morgan fingerprint density at radius 3 is 2.00 bits per heavy atom. The number of aromatic hydroxyl groups is 2. The summed E-state index contributed by atoms with van der Waals surface area (Å²) in [5.41, 5.74) is -0.531. The van der Waals surface area contributed by atoms with Gasteiger partial charge in [0.15, 0.2) is 4.75 Å². The molecule has 0 aliphatic carbocycles. The Labute approximate surface area is 186 Å². The van der Waals surface area contributed by atoms with E-state index in [2.05, 4.69) is 0 Å². The lowest BCUT2D eigenvalue weighted by Gasteiger charge is -2.34. The van der Waals surface area contributed by atoms with Crippen molar-refractivity contribution in [3.63, 3.8) is 0 Å². The Morgan fingerprint density at radius 1 is 0.759 bits per heavy atom. The summed E-state index contributed by atoms with van der Waals surface area (Å²) in [5, 5.41) is 20.0. The van der Waals surface area contributed by atoms with Gasteiger partial charge < -0.3 is 10.2 Å². The SMILES string of the molecule is O=S(=O)(O)C(c1ccc(O)c(Cl)c1)(c1ccccc1Cl)c1cc(Cl)cc(Cl)c1O. The van der Waals surface area contributed by atoms with Crippen molar-refractivity contribution in [2.24, 2.45) is 0 Å². The van der Waals surface area contributed by atoms with E-state index in [0.717, 1.165) is 18.2 Å². The lowest BCUT2D eigenvalue weighted by atomic mass is 9.83. The van der Waals surface area contributed by atoms with Crippen LogP contribution in [0.1, 0.15) is 16.7 Å². The molecule has 10 heteroatoms. The maximum atomic E-state index is 13.0. The van der Waals surface area contributed by atoms with Crippen LogP contribution in [0.4, 0.5) is 0 Å². The van der Waals surface area contributed by atoms with Crippen molar-refractivity contribution in [3.05, 3.63) is 91.4 Å². The van der Waals surface area contributed by atoms with Crippen LogP contribution < -0.4 is 0 Å². The molecular formula is C19H12Cl4O5S. The third-order valence-corrected chi connectivity index (χ3v) is 6.99. The predicted octanol–water partition coefficient (Wildman–Crippen LogP) is 5.89. The molecule has 152 valence electrons. The monoisotopic (exact) mass is 492 g/mol. The fourth-order valence-corrected chi connectivity index (χ4v) is 5.51. The van der Waals surface area contributed by atoms with Gasteiger partial charge in [-0.2, -0.15) is 8.42 Å². The first-order chi connectivity index (χ1) is 13.5. The highest BCUT2D eigenvalue weighted by atomic mass is 35.5. The maximum absolute atomic E-state index is 13.0. The molecule has 3 aromatic carbocycles. The highest BCUT2D eigenvalue weighted by molar-refractivity contribution is 7.87. The van der Waals surface area contributed by atoms with Crippen LogP contribution in [-0.2, 0) is 14.9 Å². The van der Waals surface area contributed by atoms with E-state index in [1.807, 2.05) is 0 Å². The van der Waals surface area contributed by atoms with Crippen LogP contribution >= 0.6 is 46.4 Å². The fourth-order valence-electron chi connectivity index (χ4n) is 3.19. The molecule has 0 heterocycles. The van der Waals surface area contributed by atoms with Crippen molar-refractivity contribution in [2.75, 3.05) is 0 Å². The summed E-state index contributed by atoms with van der Waals surface area (Å²) in [5.74, 6) is -0.940. The summed E-state index contributed by atoms with van der Waals surface area (Å²) < 4.78 is 34.0. The highest BCUT2D eigenvalue weighted by Gasteiger charge is 2.51. The number of phenols is 2. The third-order valence-electron chi connectivity index (χ3n) is 4.40. The van der Waals surface area contributed by atoms with E-state index in [4.69, 9.17) is 46.4 Å². The van der Waals surface area contributed by atoms with Gasteiger partial charge in [0.2, 0.25) is 0 Å². The molecule has 0 saturated carbocycles. The molecule has 0 aliphatic rings. The molecule has 0 fully saturated rings. The fraction of sp³-hybridized carbons (Fsp3) is 0.0526. The first kappa shape index (κ1) is 22.0. The molecule has 29 heavy (non-hydrogen) atoms. The molecule has 3 rings (SSSR count). The first-order valence-corrected chi connectivity index (χ1v) is 10.8. The van der Waals surface area contributed by atoms with Crippen molar-refractivity contribution in [1.82, 2.24) is 0 Å². The smallest absolute Gasteiger partial charge is 0.283 e. The molecule has 3 N–H and O–H groups in total. The van der Waals surface area contributed by atoms with E-state index in [1.54, 1.807) is 6.07 Å². The first-order valence-electron chi connectivity index (χ1n) is 7.89. The van der Waals surface area contributed by atoms with Gasteiger partial charge in [0, 0.05) is 21.2 Å². The van der Waals surface area contributed by atoms with Crippen LogP contribution in [0.2, 0.25) is 20.1 Å². The van der Waals surface area contributed by atoms with E-state index in [9.17, 15) is 23.2 Å². The topological polar surface area (TPSA) is 94.8 Å².